The first-order valence-electron chi connectivity index (χ1n) is 12.9. The molecule has 3 aromatic rings. The Morgan fingerprint density at radius 1 is 0.861 bits per heavy atom. The fourth-order valence-electron chi connectivity index (χ4n) is 5.82. The van der Waals surface area contributed by atoms with E-state index in [9.17, 15) is 14.4 Å². The predicted octanol–water partition coefficient (Wildman–Crippen LogP) is 3.55. The summed E-state index contributed by atoms with van der Waals surface area (Å²) in [5.74, 6) is -0.411. The van der Waals surface area contributed by atoms with Gasteiger partial charge in [-0.2, -0.15) is 0 Å². The first kappa shape index (κ1) is 24.3. The summed E-state index contributed by atoms with van der Waals surface area (Å²) in [5, 5.41) is 1.16. The molecule has 0 aliphatic carbocycles. The van der Waals surface area contributed by atoms with E-state index in [1.807, 2.05) is 55.1 Å². The molecule has 2 amide bonds. The molecule has 0 unspecified atom stereocenters. The zero-order valence-electron chi connectivity index (χ0n) is 21.1. The Balaban J connectivity index is 1.50. The third kappa shape index (κ3) is 4.11. The van der Waals surface area contributed by atoms with Gasteiger partial charge in [-0.05, 0) is 81.9 Å². The number of aromatic nitrogens is 1. The normalized spacial score (nSPS) is 18.3. The second-order valence-corrected chi connectivity index (χ2v) is 10.3. The Labute approximate surface area is 211 Å². The number of piperidine rings is 2. The van der Waals surface area contributed by atoms with Crippen LogP contribution < -0.4 is 11.3 Å². The summed E-state index contributed by atoms with van der Waals surface area (Å²) in [6.07, 6.45) is 6.07. The minimum absolute atomic E-state index is 0.125. The van der Waals surface area contributed by atoms with Crippen molar-refractivity contribution < 1.29 is 9.59 Å². The summed E-state index contributed by atoms with van der Waals surface area (Å²) >= 11 is 0. The average molecular weight is 487 g/mol. The number of carbonyl (C=O) groups is 2. The van der Waals surface area contributed by atoms with Gasteiger partial charge in [-0.15, -0.1) is 0 Å². The highest BCUT2D eigenvalue weighted by molar-refractivity contribution is 6.06. The van der Waals surface area contributed by atoms with Gasteiger partial charge >= 0.3 is 0 Å². The molecule has 2 aliphatic rings. The van der Waals surface area contributed by atoms with Gasteiger partial charge in [0.05, 0.1) is 5.56 Å². The average Bonchev–Trinajstić information content (AvgIpc) is 2.91. The Morgan fingerprint density at radius 2 is 1.53 bits per heavy atom. The number of nitrogens with zero attached hydrogens (tertiary/aromatic N) is 3. The Kier molecular flexibility index (Phi) is 6.43. The summed E-state index contributed by atoms with van der Waals surface area (Å²) in [7, 11) is 0. The van der Waals surface area contributed by atoms with Gasteiger partial charge in [0.15, 0.2) is 0 Å². The summed E-state index contributed by atoms with van der Waals surface area (Å²) in [6.45, 7) is 6.71. The number of rotatable bonds is 4. The van der Waals surface area contributed by atoms with Crippen molar-refractivity contribution in [2.24, 2.45) is 5.73 Å². The predicted molar refractivity (Wildman–Crippen MR) is 142 cm³/mol. The van der Waals surface area contributed by atoms with Crippen molar-refractivity contribution in [2.75, 3.05) is 26.2 Å². The molecule has 1 aromatic heterocycles. The number of fused-ring (bicyclic) bond motifs is 1. The third-order valence-corrected chi connectivity index (χ3v) is 8.22. The largest absolute Gasteiger partial charge is 0.368 e. The van der Waals surface area contributed by atoms with Gasteiger partial charge in [-0.3, -0.25) is 23.9 Å². The van der Waals surface area contributed by atoms with Crippen LogP contribution in [0.15, 0.2) is 53.5 Å². The lowest BCUT2D eigenvalue weighted by atomic mass is 9.83. The lowest BCUT2D eigenvalue weighted by Crippen LogP contribution is -2.63. The lowest BCUT2D eigenvalue weighted by Gasteiger charge is -2.48. The van der Waals surface area contributed by atoms with E-state index < -0.39 is 5.54 Å². The van der Waals surface area contributed by atoms with Crippen LogP contribution >= 0.6 is 0 Å². The second kappa shape index (κ2) is 9.54. The van der Waals surface area contributed by atoms with Gasteiger partial charge in [-0.25, -0.2) is 0 Å². The third-order valence-electron chi connectivity index (χ3n) is 8.22. The molecule has 3 heterocycles. The number of pyridine rings is 1. The minimum Gasteiger partial charge on any atom is -0.368 e. The van der Waals surface area contributed by atoms with E-state index in [1.54, 1.807) is 16.8 Å². The highest BCUT2D eigenvalue weighted by atomic mass is 16.2. The summed E-state index contributed by atoms with van der Waals surface area (Å²) < 4.78 is 1.58. The number of aryl methyl sites for hydroxylation is 2. The standard InChI is InChI=1S/C29H34N4O3/c1-20-10-11-22(18-21(20)2)33-19-25(23-8-4-5-9-24(23)27(33)35)26(34)31-16-12-29(13-17-31,28(30)36)32-14-6-3-7-15-32/h4-5,8-11,18-19H,3,6-7,12-17H2,1-2H3,(H2,30,36). The van der Waals surface area contributed by atoms with Gasteiger partial charge in [0.1, 0.15) is 5.54 Å². The summed E-state index contributed by atoms with van der Waals surface area (Å²) in [4.78, 5) is 43.9. The fraction of sp³-hybridized carbons (Fsp3) is 0.414. The van der Waals surface area contributed by atoms with E-state index in [0.717, 1.165) is 42.7 Å². The highest BCUT2D eigenvalue weighted by Crippen LogP contribution is 2.32. The number of carbonyl (C=O) groups excluding carboxylic acids is 2. The van der Waals surface area contributed by atoms with Crippen LogP contribution in [0.2, 0.25) is 0 Å². The van der Waals surface area contributed by atoms with Gasteiger partial charge in [0, 0.05) is 35.7 Å². The smallest absolute Gasteiger partial charge is 0.262 e. The molecule has 0 bridgehead atoms. The van der Waals surface area contributed by atoms with Crippen LogP contribution in [-0.2, 0) is 4.79 Å². The number of primary amides is 1. The number of likely N-dealkylation sites (tertiary alicyclic amines) is 2. The summed E-state index contributed by atoms with van der Waals surface area (Å²) in [6, 6.07) is 13.2. The molecule has 7 heteroatoms. The van der Waals surface area contributed by atoms with Crippen molar-refractivity contribution in [2.45, 2.75) is 51.5 Å². The monoisotopic (exact) mass is 486 g/mol. The Hall–Kier alpha value is -3.45. The van der Waals surface area contributed by atoms with Gasteiger partial charge in [0.2, 0.25) is 5.91 Å². The zero-order chi connectivity index (χ0) is 25.4. The first-order valence-corrected chi connectivity index (χ1v) is 12.9. The van der Waals surface area contributed by atoms with E-state index in [1.165, 1.54) is 6.42 Å². The molecular formula is C29H34N4O3. The number of hydrogen-bond donors (Lipinski definition) is 1. The second-order valence-electron chi connectivity index (χ2n) is 10.3. The maximum Gasteiger partial charge on any atom is 0.262 e. The number of nitrogens with two attached hydrogens (primary N) is 1. The van der Waals surface area contributed by atoms with Crippen molar-refractivity contribution in [3.63, 3.8) is 0 Å². The Morgan fingerprint density at radius 3 is 2.17 bits per heavy atom. The van der Waals surface area contributed by atoms with Crippen LogP contribution in [0.25, 0.3) is 16.5 Å². The van der Waals surface area contributed by atoms with Gasteiger partial charge < -0.3 is 10.6 Å². The van der Waals surface area contributed by atoms with Crippen molar-refractivity contribution in [1.29, 1.82) is 0 Å². The zero-order valence-corrected chi connectivity index (χ0v) is 21.1. The Bertz CT molecular complexity index is 1380. The fourth-order valence-corrected chi connectivity index (χ4v) is 5.82. The van der Waals surface area contributed by atoms with E-state index in [2.05, 4.69) is 4.90 Å². The van der Waals surface area contributed by atoms with E-state index >= 15 is 0 Å². The molecule has 7 nitrogen and oxygen atoms in total. The van der Waals surface area contributed by atoms with E-state index in [4.69, 9.17) is 5.73 Å². The maximum absolute atomic E-state index is 13.9. The van der Waals surface area contributed by atoms with Gasteiger partial charge in [-0.1, -0.05) is 30.7 Å². The van der Waals surface area contributed by atoms with E-state index in [-0.39, 0.29) is 17.4 Å². The van der Waals surface area contributed by atoms with Crippen molar-refractivity contribution >= 4 is 22.6 Å². The summed E-state index contributed by atoms with van der Waals surface area (Å²) in [5.41, 5.74) is 8.56. The molecule has 2 aliphatic heterocycles. The minimum atomic E-state index is -0.683. The van der Waals surface area contributed by atoms with Crippen molar-refractivity contribution in [3.05, 3.63) is 75.7 Å². The maximum atomic E-state index is 13.9. The van der Waals surface area contributed by atoms with Crippen LogP contribution in [0.3, 0.4) is 0 Å². The van der Waals surface area contributed by atoms with Crippen molar-refractivity contribution in [1.82, 2.24) is 14.4 Å². The van der Waals surface area contributed by atoms with Crippen LogP contribution in [0, 0.1) is 13.8 Å². The molecule has 2 N–H and O–H groups in total. The molecule has 0 spiro atoms. The molecule has 0 saturated carbocycles. The topological polar surface area (TPSA) is 88.6 Å². The first-order chi connectivity index (χ1) is 17.3. The highest BCUT2D eigenvalue weighted by Gasteiger charge is 2.46. The molecule has 36 heavy (non-hydrogen) atoms. The molecule has 5 rings (SSSR count). The van der Waals surface area contributed by atoms with Gasteiger partial charge in [0.25, 0.3) is 11.5 Å². The van der Waals surface area contributed by atoms with Crippen LogP contribution in [0.4, 0.5) is 0 Å². The molecule has 188 valence electrons. The number of benzene rings is 2. The van der Waals surface area contributed by atoms with Crippen molar-refractivity contribution in [3.8, 4) is 5.69 Å². The van der Waals surface area contributed by atoms with Crippen LogP contribution in [0.1, 0.15) is 53.6 Å². The molecule has 0 radical (unpaired) electrons. The lowest BCUT2D eigenvalue weighted by molar-refractivity contribution is -0.134. The molecule has 2 fully saturated rings. The SMILES string of the molecule is Cc1ccc(-n2cc(C(=O)N3CCC(C(N)=O)(N4CCCCC4)CC3)c3ccccc3c2=O)cc1C. The quantitative estimate of drug-likeness (QED) is 0.611. The molecule has 0 atom stereocenters. The number of hydrogen-bond acceptors (Lipinski definition) is 4. The van der Waals surface area contributed by atoms with Crippen LogP contribution in [0.5, 0.6) is 0 Å². The van der Waals surface area contributed by atoms with Crippen LogP contribution in [-0.4, -0.2) is 57.9 Å². The molecule has 2 aromatic carbocycles. The molecular weight excluding hydrogens is 452 g/mol. The molecule has 2 saturated heterocycles. The number of amides is 2. The van der Waals surface area contributed by atoms with E-state index in [0.29, 0.717) is 42.3 Å².